The second kappa shape index (κ2) is 16.0. The second-order valence-corrected chi connectivity index (χ2v) is 19.0. The Hall–Kier alpha value is -9.50. The molecule has 13 aromatic carbocycles. The summed E-state index contributed by atoms with van der Waals surface area (Å²) >= 11 is 0. The van der Waals surface area contributed by atoms with E-state index >= 15 is 0 Å². The molecule has 15 aromatic rings. The van der Waals surface area contributed by atoms with Crippen LogP contribution in [0.25, 0.3) is 154 Å². The minimum atomic E-state index is 0.874. The first kappa shape index (κ1) is 40.4. The lowest BCUT2D eigenvalue weighted by Crippen LogP contribution is -1.94. The molecule has 334 valence electrons. The summed E-state index contributed by atoms with van der Waals surface area (Å²) in [6.07, 6.45) is 0. The molecule has 2 heterocycles. The molecular formula is C70H42O2. The fourth-order valence-electron chi connectivity index (χ4n) is 11.9. The normalized spacial score (nSPS) is 11.9. The summed E-state index contributed by atoms with van der Waals surface area (Å²) in [4.78, 5) is 0. The predicted molar refractivity (Wildman–Crippen MR) is 304 cm³/mol. The van der Waals surface area contributed by atoms with Gasteiger partial charge >= 0.3 is 0 Å². The Morgan fingerprint density at radius 1 is 0.208 bits per heavy atom. The summed E-state index contributed by atoms with van der Waals surface area (Å²) in [5.41, 5.74) is 17.2. The van der Waals surface area contributed by atoms with Gasteiger partial charge in [0.1, 0.15) is 22.3 Å². The number of fused-ring (bicyclic) bond motifs is 11. The molecular weight excluding hydrogens is 873 g/mol. The Balaban J connectivity index is 1.04. The first-order valence-electron chi connectivity index (χ1n) is 24.7. The van der Waals surface area contributed by atoms with Gasteiger partial charge in [0.05, 0.1) is 0 Å². The van der Waals surface area contributed by atoms with E-state index in [0.29, 0.717) is 0 Å². The molecule has 0 saturated heterocycles. The van der Waals surface area contributed by atoms with Crippen LogP contribution >= 0.6 is 0 Å². The number of rotatable bonds is 6. The third-order valence-electron chi connectivity index (χ3n) is 15.1. The van der Waals surface area contributed by atoms with Crippen molar-refractivity contribution in [2.45, 2.75) is 0 Å². The average Bonchev–Trinajstić information content (AvgIpc) is 4.04. The van der Waals surface area contributed by atoms with Crippen LogP contribution in [0.1, 0.15) is 0 Å². The number of hydrogen-bond acceptors (Lipinski definition) is 2. The van der Waals surface area contributed by atoms with Gasteiger partial charge in [-0.05, 0) is 117 Å². The van der Waals surface area contributed by atoms with E-state index in [9.17, 15) is 0 Å². The van der Waals surface area contributed by atoms with E-state index in [4.69, 9.17) is 8.83 Å². The first-order chi connectivity index (χ1) is 35.7. The average molecular weight is 915 g/mol. The maximum absolute atomic E-state index is 7.05. The lowest BCUT2D eigenvalue weighted by Gasteiger charge is -2.21. The van der Waals surface area contributed by atoms with Gasteiger partial charge in [0.25, 0.3) is 0 Å². The monoisotopic (exact) mass is 914 g/mol. The van der Waals surface area contributed by atoms with Crippen molar-refractivity contribution in [3.8, 4) is 66.8 Å². The molecule has 0 aliphatic heterocycles. The largest absolute Gasteiger partial charge is 0.455 e. The molecule has 0 bridgehead atoms. The molecule has 0 unspecified atom stereocenters. The zero-order valence-corrected chi connectivity index (χ0v) is 39.1. The molecule has 0 fully saturated rings. The summed E-state index contributed by atoms with van der Waals surface area (Å²) < 4.78 is 13.9. The van der Waals surface area contributed by atoms with Crippen molar-refractivity contribution in [1.82, 2.24) is 0 Å². The van der Waals surface area contributed by atoms with E-state index in [1.165, 1.54) is 65.3 Å². The minimum absolute atomic E-state index is 0.874. The molecule has 0 aliphatic carbocycles. The zero-order chi connectivity index (χ0) is 47.3. The van der Waals surface area contributed by atoms with Crippen LogP contribution in [0.4, 0.5) is 0 Å². The molecule has 15 rings (SSSR count). The summed E-state index contributed by atoms with van der Waals surface area (Å²) in [5, 5.41) is 14.1. The van der Waals surface area contributed by atoms with Crippen molar-refractivity contribution in [3.63, 3.8) is 0 Å². The van der Waals surface area contributed by atoms with Crippen LogP contribution in [0.3, 0.4) is 0 Å². The Morgan fingerprint density at radius 2 is 0.667 bits per heavy atom. The number of furan rings is 2. The quantitative estimate of drug-likeness (QED) is 0.123. The van der Waals surface area contributed by atoms with Gasteiger partial charge in [0.15, 0.2) is 0 Å². The Morgan fingerprint density at radius 3 is 1.32 bits per heavy atom. The zero-order valence-electron chi connectivity index (χ0n) is 39.1. The molecule has 0 spiro atoms. The van der Waals surface area contributed by atoms with Crippen LogP contribution in [0.5, 0.6) is 0 Å². The van der Waals surface area contributed by atoms with Gasteiger partial charge in [-0.2, -0.15) is 0 Å². The Kier molecular flexibility index (Phi) is 8.99. The van der Waals surface area contributed by atoms with Crippen LogP contribution in [-0.4, -0.2) is 0 Å². The van der Waals surface area contributed by atoms with E-state index in [-0.39, 0.29) is 0 Å². The van der Waals surface area contributed by atoms with E-state index in [1.807, 2.05) is 0 Å². The molecule has 2 nitrogen and oxygen atoms in total. The fraction of sp³-hybridized carbons (Fsp3) is 0. The van der Waals surface area contributed by atoms with Crippen molar-refractivity contribution in [1.29, 1.82) is 0 Å². The van der Waals surface area contributed by atoms with Crippen LogP contribution in [0.15, 0.2) is 264 Å². The van der Waals surface area contributed by atoms with Crippen LogP contribution in [-0.2, 0) is 0 Å². The van der Waals surface area contributed by atoms with Gasteiger partial charge in [-0.15, -0.1) is 0 Å². The highest BCUT2D eigenvalue weighted by Gasteiger charge is 2.23. The SMILES string of the molecule is c1ccc(-c2c3cc(-c4cccc5oc6c(-c7ccccc7)cccc6c45)ccc3c(-c3cc4ccccc4c4ccccc34)c3cc(-c4cccc5c4oc4c(-c6ccccc6)cccc45)ccc23)cc1. The van der Waals surface area contributed by atoms with Gasteiger partial charge in [0.2, 0.25) is 0 Å². The highest BCUT2D eigenvalue weighted by atomic mass is 16.3. The minimum Gasteiger partial charge on any atom is -0.455 e. The van der Waals surface area contributed by atoms with Crippen molar-refractivity contribution in [2.75, 3.05) is 0 Å². The van der Waals surface area contributed by atoms with Crippen molar-refractivity contribution < 1.29 is 8.83 Å². The molecule has 0 aliphatic rings. The Labute approximate surface area is 415 Å². The topological polar surface area (TPSA) is 26.3 Å². The third-order valence-corrected chi connectivity index (χ3v) is 15.1. The summed E-state index contributed by atoms with van der Waals surface area (Å²) in [6.45, 7) is 0. The first-order valence-corrected chi connectivity index (χ1v) is 24.7. The van der Waals surface area contributed by atoms with Crippen molar-refractivity contribution in [3.05, 3.63) is 255 Å². The van der Waals surface area contributed by atoms with Crippen LogP contribution in [0.2, 0.25) is 0 Å². The van der Waals surface area contributed by atoms with Crippen molar-refractivity contribution in [2.24, 2.45) is 0 Å². The third kappa shape index (κ3) is 6.16. The van der Waals surface area contributed by atoms with Crippen molar-refractivity contribution >= 4 is 87.0 Å². The van der Waals surface area contributed by atoms with E-state index < -0.39 is 0 Å². The molecule has 72 heavy (non-hydrogen) atoms. The van der Waals surface area contributed by atoms with Crippen LogP contribution in [0, 0.1) is 0 Å². The van der Waals surface area contributed by atoms with Gasteiger partial charge in [-0.1, -0.05) is 231 Å². The molecule has 0 atom stereocenters. The van der Waals surface area contributed by atoms with Gasteiger partial charge in [0, 0.05) is 38.2 Å². The second-order valence-electron chi connectivity index (χ2n) is 19.0. The number of benzene rings is 13. The smallest absolute Gasteiger partial charge is 0.143 e. The number of para-hydroxylation sites is 3. The maximum Gasteiger partial charge on any atom is 0.143 e. The van der Waals surface area contributed by atoms with Gasteiger partial charge in [-0.3, -0.25) is 0 Å². The molecule has 2 heteroatoms. The predicted octanol–water partition coefficient (Wildman–Crippen LogP) is 20.1. The highest BCUT2D eigenvalue weighted by Crippen LogP contribution is 2.50. The maximum atomic E-state index is 7.05. The Bertz CT molecular complexity index is 4660. The van der Waals surface area contributed by atoms with E-state index in [0.717, 1.165) is 88.4 Å². The molecule has 0 saturated carbocycles. The highest BCUT2D eigenvalue weighted by molar-refractivity contribution is 6.27. The molecule has 0 N–H and O–H groups in total. The summed E-state index contributed by atoms with van der Waals surface area (Å²) in [7, 11) is 0. The summed E-state index contributed by atoms with van der Waals surface area (Å²) in [5.74, 6) is 0. The van der Waals surface area contributed by atoms with E-state index in [1.54, 1.807) is 0 Å². The molecule has 2 aromatic heterocycles. The standard InChI is InChI=1S/C70H42O2/c1-4-18-43(19-5-1)51-29-14-32-58-59-33-15-31-53(69(59)72-68(51)58)48-37-38-56-63(42-48)66(61-40-46-24-10-11-25-49(46)54-26-12-13-27-55(54)61)57-39-36-47(41-62(57)65(56)45-22-8-3-9-23-45)50-28-17-35-64-67(50)60-34-16-30-52(70(60)71-64)44-20-6-2-7-21-44/h1-42H. The van der Waals surface area contributed by atoms with E-state index in [2.05, 4.69) is 255 Å². The van der Waals surface area contributed by atoms with Gasteiger partial charge in [-0.25, -0.2) is 0 Å². The fourth-order valence-corrected chi connectivity index (χ4v) is 11.9. The lowest BCUT2D eigenvalue weighted by atomic mass is 9.82. The molecule has 0 radical (unpaired) electrons. The van der Waals surface area contributed by atoms with Crippen LogP contribution < -0.4 is 0 Å². The number of hydrogen-bond donors (Lipinski definition) is 0. The van der Waals surface area contributed by atoms with Gasteiger partial charge < -0.3 is 8.83 Å². The summed E-state index contributed by atoms with van der Waals surface area (Å²) in [6, 6.07) is 92.5. The lowest BCUT2D eigenvalue weighted by molar-refractivity contribution is 0.670. The molecule has 0 amide bonds.